The smallest absolute Gasteiger partial charge is 0.358 e. The van der Waals surface area contributed by atoms with Crippen LogP contribution in [0.15, 0.2) is 36.7 Å². The summed E-state index contributed by atoms with van der Waals surface area (Å²) in [5.74, 6) is -0.937. The first-order valence-corrected chi connectivity index (χ1v) is 11.1. The molecule has 4 aromatic rings. The van der Waals surface area contributed by atoms with Crippen LogP contribution < -0.4 is 5.73 Å². The normalized spacial score (nSPS) is 10.3. The molecule has 0 spiro atoms. The lowest BCUT2D eigenvalue weighted by Gasteiger charge is -1.97. The van der Waals surface area contributed by atoms with Crippen molar-refractivity contribution >= 4 is 23.2 Å². The topological polar surface area (TPSA) is 150 Å². The number of rotatable bonds is 7. The van der Waals surface area contributed by atoms with E-state index in [0.29, 0.717) is 23.6 Å². The number of aliphatic hydroxyl groups excluding tert-OH is 1. The highest BCUT2D eigenvalue weighted by molar-refractivity contribution is 5.91. The molecule has 0 saturated heterocycles. The fourth-order valence-corrected chi connectivity index (χ4v) is 3.04. The highest BCUT2D eigenvalue weighted by atomic mass is 16.5. The molecule has 0 bridgehead atoms. The monoisotopic (exact) mass is 469 g/mol. The van der Waals surface area contributed by atoms with Gasteiger partial charge in [-0.15, -0.1) is 0 Å². The number of fused-ring (bicyclic) bond motifs is 2. The van der Waals surface area contributed by atoms with Crippen LogP contribution in [0.3, 0.4) is 0 Å². The number of aromatic nitrogens is 6. The highest BCUT2D eigenvalue weighted by Gasteiger charge is 2.12. The third-order valence-electron chi connectivity index (χ3n) is 4.50. The van der Waals surface area contributed by atoms with Gasteiger partial charge in [-0.05, 0) is 44.0 Å². The second-order valence-electron chi connectivity index (χ2n) is 7.09. The Balaban J connectivity index is 0.000000225. The van der Waals surface area contributed by atoms with Crippen molar-refractivity contribution in [1.29, 1.82) is 0 Å². The van der Waals surface area contributed by atoms with Gasteiger partial charge in [0.2, 0.25) is 0 Å². The Morgan fingerprint density at radius 2 is 1.32 bits per heavy atom. The number of primary amides is 1. The second kappa shape index (κ2) is 13.0. The minimum atomic E-state index is -0.530. The Morgan fingerprint density at radius 1 is 0.853 bits per heavy atom. The minimum absolute atomic E-state index is 0.246. The van der Waals surface area contributed by atoms with Crippen LogP contribution in [0, 0.1) is 0 Å². The zero-order valence-corrected chi connectivity index (χ0v) is 19.9. The predicted molar refractivity (Wildman–Crippen MR) is 127 cm³/mol. The van der Waals surface area contributed by atoms with E-state index in [2.05, 4.69) is 34.0 Å². The molecular formula is C23H31N7O4. The van der Waals surface area contributed by atoms with Crippen LogP contribution in [-0.2, 0) is 17.6 Å². The fraction of sp³-hybridized carbons (Fsp3) is 0.391. The standard InChI is InChI=1S/C12H15N3O2.C10H12N4O.CH4O/c1-3-5-9-6-7-11-13-10(8-15(11)14-9)12(16)17-4-2;1-2-3-7-4-5-9-12-8(10(11)15)6-14(9)13-7;1-2/h6-8H,3-5H2,1-2H3;4-6H,2-3H2,1H3,(H2,11,15);2H,1H3. The van der Waals surface area contributed by atoms with Gasteiger partial charge in [-0.2, -0.15) is 10.2 Å². The lowest BCUT2D eigenvalue weighted by molar-refractivity contribution is 0.0520. The van der Waals surface area contributed by atoms with E-state index < -0.39 is 11.9 Å². The van der Waals surface area contributed by atoms with E-state index >= 15 is 0 Å². The molecule has 0 aliphatic rings. The highest BCUT2D eigenvalue weighted by Crippen LogP contribution is 2.08. The van der Waals surface area contributed by atoms with Crippen molar-refractivity contribution in [2.24, 2.45) is 5.73 Å². The number of aliphatic hydroxyl groups is 1. The van der Waals surface area contributed by atoms with Gasteiger partial charge in [-0.1, -0.05) is 26.7 Å². The molecule has 0 aromatic carbocycles. The summed E-state index contributed by atoms with van der Waals surface area (Å²) in [6.45, 7) is 6.31. The van der Waals surface area contributed by atoms with Crippen LogP contribution in [0.2, 0.25) is 0 Å². The Bertz CT molecular complexity index is 1230. The number of nitrogens with two attached hydrogens (primary N) is 1. The number of esters is 1. The van der Waals surface area contributed by atoms with Gasteiger partial charge in [0.1, 0.15) is 5.69 Å². The summed E-state index contributed by atoms with van der Waals surface area (Å²) in [6.07, 6.45) is 7.07. The van der Waals surface area contributed by atoms with Crippen molar-refractivity contribution in [3.63, 3.8) is 0 Å². The first-order chi connectivity index (χ1) is 16.4. The fourth-order valence-electron chi connectivity index (χ4n) is 3.04. The molecule has 0 saturated carbocycles. The second-order valence-corrected chi connectivity index (χ2v) is 7.09. The summed E-state index contributed by atoms with van der Waals surface area (Å²) in [5.41, 5.74) is 8.96. The largest absolute Gasteiger partial charge is 0.461 e. The van der Waals surface area contributed by atoms with E-state index in [9.17, 15) is 9.59 Å². The Labute approximate surface area is 197 Å². The summed E-state index contributed by atoms with van der Waals surface area (Å²) >= 11 is 0. The van der Waals surface area contributed by atoms with Crippen molar-refractivity contribution in [2.45, 2.75) is 46.5 Å². The summed E-state index contributed by atoms with van der Waals surface area (Å²) < 4.78 is 8.10. The van der Waals surface area contributed by atoms with E-state index in [-0.39, 0.29) is 5.69 Å². The average Bonchev–Trinajstić information content (AvgIpc) is 3.45. The van der Waals surface area contributed by atoms with Gasteiger partial charge in [-0.3, -0.25) is 4.79 Å². The molecule has 0 unspecified atom stereocenters. The molecule has 4 rings (SSSR count). The van der Waals surface area contributed by atoms with Crippen LogP contribution in [0.5, 0.6) is 0 Å². The molecule has 0 aliphatic heterocycles. The SMILES string of the molecule is CCCc1ccc2nc(C(=O)OCC)cn2n1.CCCc1ccc2nc(C(N)=O)cn2n1.CO. The molecule has 4 heterocycles. The molecule has 1 amide bonds. The predicted octanol–water partition coefficient (Wildman–Crippen LogP) is 2.25. The quantitative estimate of drug-likeness (QED) is 0.391. The first-order valence-electron chi connectivity index (χ1n) is 11.1. The first kappa shape index (κ1) is 26.4. The molecule has 3 N–H and O–H groups in total. The third-order valence-corrected chi connectivity index (χ3v) is 4.50. The summed E-state index contributed by atoms with van der Waals surface area (Å²) in [7, 11) is 1.00. The molecule has 0 aliphatic carbocycles. The maximum absolute atomic E-state index is 11.5. The van der Waals surface area contributed by atoms with Crippen molar-refractivity contribution in [3.8, 4) is 0 Å². The maximum atomic E-state index is 11.5. The Kier molecular flexibility index (Phi) is 10.1. The van der Waals surface area contributed by atoms with Crippen LogP contribution in [0.4, 0.5) is 0 Å². The Morgan fingerprint density at radius 3 is 1.76 bits per heavy atom. The van der Waals surface area contributed by atoms with Gasteiger partial charge in [0.25, 0.3) is 5.91 Å². The zero-order valence-electron chi connectivity index (χ0n) is 19.9. The zero-order chi connectivity index (χ0) is 25.1. The molecule has 11 heteroatoms. The van der Waals surface area contributed by atoms with Crippen LogP contribution in [0.1, 0.15) is 66.0 Å². The van der Waals surface area contributed by atoms with Gasteiger partial charge in [0.05, 0.1) is 30.4 Å². The number of ether oxygens (including phenoxy) is 1. The van der Waals surface area contributed by atoms with Gasteiger partial charge in [0, 0.05) is 7.11 Å². The van der Waals surface area contributed by atoms with E-state index in [0.717, 1.165) is 44.2 Å². The van der Waals surface area contributed by atoms with Gasteiger partial charge >= 0.3 is 5.97 Å². The van der Waals surface area contributed by atoms with Crippen LogP contribution in [0.25, 0.3) is 11.3 Å². The lowest BCUT2D eigenvalue weighted by Crippen LogP contribution is -2.10. The van der Waals surface area contributed by atoms with Crippen molar-refractivity contribution < 1.29 is 19.4 Å². The third kappa shape index (κ3) is 6.82. The summed E-state index contributed by atoms with van der Waals surface area (Å²) in [4.78, 5) is 30.6. The van der Waals surface area contributed by atoms with Gasteiger partial charge in [-0.25, -0.2) is 23.8 Å². The van der Waals surface area contributed by atoms with E-state index in [1.165, 1.54) is 0 Å². The molecule has 11 nitrogen and oxygen atoms in total. The molecule has 0 fully saturated rings. The number of aryl methyl sites for hydroxylation is 2. The van der Waals surface area contributed by atoms with Crippen molar-refractivity contribution in [2.75, 3.05) is 13.7 Å². The summed E-state index contributed by atoms with van der Waals surface area (Å²) in [6, 6.07) is 7.54. The van der Waals surface area contributed by atoms with Crippen molar-refractivity contribution in [3.05, 3.63) is 59.4 Å². The molecule has 0 atom stereocenters. The molecule has 182 valence electrons. The minimum Gasteiger partial charge on any atom is -0.461 e. The average molecular weight is 470 g/mol. The number of hydrogen-bond donors (Lipinski definition) is 2. The number of imidazole rings is 2. The molecule has 34 heavy (non-hydrogen) atoms. The van der Waals surface area contributed by atoms with E-state index in [1.807, 2.05) is 24.3 Å². The number of carbonyl (C=O) groups is 2. The maximum Gasteiger partial charge on any atom is 0.358 e. The number of nitrogens with zero attached hydrogens (tertiary/aromatic N) is 6. The van der Waals surface area contributed by atoms with E-state index in [1.54, 1.807) is 28.3 Å². The summed E-state index contributed by atoms with van der Waals surface area (Å²) in [5, 5.41) is 15.7. The van der Waals surface area contributed by atoms with Crippen LogP contribution in [-0.4, -0.2) is 59.9 Å². The number of amides is 1. The van der Waals surface area contributed by atoms with E-state index in [4.69, 9.17) is 15.6 Å². The number of carbonyl (C=O) groups excluding carboxylic acids is 2. The molecule has 0 radical (unpaired) electrons. The van der Waals surface area contributed by atoms with Crippen molar-refractivity contribution in [1.82, 2.24) is 29.2 Å². The van der Waals surface area contributed by atoms with Crippen LogP contribution >= 0.6 is 0 Å². The van der Waals surface area contributed by atoms with Gasteiger partial charge in [0.15, 0.2) is 17.0 Å². The lowest BCUT2D eigenvalue weighted by atomic mass is 10.2. The molecule has 4 aromatic heterocycles. The Hall–Kier alpha value is -3.86. The molecular weight excluding hydrogens is 438 g/mol. The van der Waals surface area contributed by atoms with Gasteiger partial charge < -0.3 is 15.6 Å². The number of hydrogen-bond acceptors (Lipinski definition) is 8.